The summed E-state index contributed by atoms with van der Waals surface area (Å²) in [6, 6.07) is 26.4. The number of nitrogens with one attached hydrogen (secondary N) is 1. The van der Waals surface area contributed by atoms with Crippen molar-refractivity contribution in [2.45, 2.75) is 24.5 Å². The Morgan fingerprint density at radius 1 is 0.879 bits per heavy atom. The fourth-order valence-electron chi connectivity index (χ4n) is 3.46. The predicted molar refractivity (Wildman–Crippen MR) is 129 cm³/mol. The van der Waals surface area contributed by atoms with Crippen LogP contribution in [-0.2, 0) is 17.8 Å². The number of aromatic nitrogens is 3. The molecule has 0 bridgehead atoms. The van der Waals surface area contributed by atoms with E-state index >= 15 is 0 Å². The Kier molecular flexibility index (Phi) is 7.87. The molecule has 5 nitrogen and oxygen atoms in total. The Hall–Kier alpha value is -3.45. The molecule has 1 heterocycles. The number of amides is 1. The number of carbonyl (C=O) groups excluding carboxylic acids is 1. The first-order chi connectivity index (χ1) is 16.2. The van der Waals surface area contributed by atoms with Crippen molar-refractivity contribution in [3.8, 4) is 11.4 Å². The quantitative estimate of drug-likeness (QED) is 0.268. The molecule has 0 aliphatic carbocycles. The number of hydrogen-bond donors (Lipinski definition) is 1. The molecule has 1 amide bonds. The minimum absolute atomic E-state index is 0.0364. The van der Waals surface area contributed by atoms with Crippen LogP contribution in [0.3, 0.4) is 0 Å². The Balaban J connectivity index is 1.39. The van der Waals surface area contributed by atoms with E-state index in [9.17, 15) is 9.18 Å². The summed E-state index contributed by atoms with van der Waals surface area (Å²) in [5.41, 5.74) is 3.13. The Labute approximate surface area is 197 Å². The van der Waals surface area contributed by atoms with Crippen molar-refractivity contribution in [1.29, 1.82) is 0 Å². The first-order valence-electron chi connectivity index (χ1n) is 10.9. The summed E-state index contributed by atoms with van der Waals surface area (Å²) >= 11 is 1.35. The number of nitrogens with zero attached hydrogens (tertiary/aromatic N) is 3. The zero-order valence-electron chi connectivity index (χ0n) is 18.2. The smallest absolute Gasteiger partial charge is 0.230 e. The van der Waals surface area contributed by atoms with Gasteiger partial charge in [0.05, 0.1) is 12.3 Å². The molecule has 33 heavy (non-hydrogen) atoms. The van der Waals surface area contributed by atoms with E-state index in [-0.39, 0.29) is 17.5 Å². The fraction of sp³-hybridized carbons (Fsp3) is 0.192. The minimum atomic E-state index is -0.300. The van der Waals surface area contributed by atoms with Crippen molar-refractivity contribution in [3.05, 3.63) is 102 Å². The molecule has 0 saturated carbocycles. The molecule has 1 aromatic heterocycles. The van der Waals surface area contributed by atoms with E-state index in [4.69, 9.17) is 0 Å². The molecule has 1 N–H and O–H groups in total. The number of benzene rings is 3. The van der Waals surface area contributed by atoms with Crippen LogP contribution in [0.1, 0.15) is 17.5 Å². The highest BCUT2D eigenvalue weighted by atomic mass is 32.2. The average molecular weight is 461 g/mol. The molecule has 0 aliphatic heterocycles. The van der Waals surface area contributed by atoms with Gasteiger partial charge in [0, 0.05) is 12.1 Å². The molecule has 0 fully saturated rings. The Bertz CT molecular complexity index is 1160. The van der Waals surface area contributed by atoms with Crippen molar-refractivity contribution in [2.24, 2.45) is 0 Å². The zero-order chi connectivity index (χ0) is 22.9. The minimum Gasteiger partial charge on any atom is -0.355 e. The van der Waals surface area contributed by atoms with Gasteiger partial charge in [-0.05, 0) is 48.2 Å². The standard InChI is InChI=1S/C26H25FN4OS/c27-23-15-13-22(14-16-23)25-29-30-26(31(25)18-21-10-5-2-6-11-21)33-19-24(32)28-17-7-12-20-8-3-1-4-9-20/h1-6,8-11,13-16H,7,12,17-19H2,(H,28,32). The third-order valence-electron chi connectivity index (χ3n) is 5.14. The second kappa shape index (κ2) is 11.4. The molecular weight excluding hydrogens is 435 g/mol. The lowest BCUT2D eigenvalue weighted by atomic mass is 10.1. The highest BCUT2D eigenvalue weighted by Crippen LogP contribution is 2.25. The van der Waals surface area contributed by atoms with Gasteiger partial charge in [-0.1, -0.05) is 72.4 Å². The van der Waals surface area contributed by atoms with Crippen molar-refractivity contribution in [2.75, 3.05) is 12.3 Å². The third-order valence-corrected chi connectivity index (χ3v) is 6.11. The van der Waals surface area contributed by atoms with Crippen molar-refractivity contribution in [1.82, 2.24) is 20.1 Å². The number of halogens is 1. The number of thioether (sulfide) groups is 1. The van der Waals surface area contributed by atoms with Gasteiger partial charge < -0.3 is 5.32 Å². The maximum atomic E-state index is 13.4. The summed E-state index contributed by atoms with van der Waals surface area (Å²) in [7, 11) is 0. The Morgan fingerprint density at radius 2 is 1.55 bits per heavy atom. The molecular formula is C26H25FN4OS. The molecule has 0 saturated heterocycles. The van der Waals surface area contributed by atoms with E-state index in [2.05, 4.69) is 27.6 Å². The SMILES string of the molecule is O=C(CSc1nnc(-c2ccc(F)cc2)n1Cc1ccccc1)NCCCc1ccccc1. The van der Waals surface area contributed by atoms with Gasteiger partial charge in [-0.3, -0.25) is 9.36 Å². The van der Waals surface area contributed by atoms with Crippen LogP contribution in [0.15, 0.2) is 90.1 Å². The van der Waals surface area contributed by atoms with E-state index in [1.54, 1.807) is 12.1 Å². The third kappa shape index (κ3) is 6.52. The topological polar surface area (TPSA) is 59.8 Å². The molecule has 4 rings (SSSR count). The maximum Gasteiger partial charge on any atom is 0.230 e. The summed E-state index contributed by atoms with van der Waals surface area (Å²) in [4.78, 5) is 12.4. The first kappa shape index (κ1) is 22.7. The second-order valence-corrected chi connectivity index (χ2v) is 8.56. The molecule has 7 heteroatoms. The van der Waals surface area contributed by atoms with Crippen molar-refractivity contribution < 1.29 is 9.18 Å². The van der Waals surface area contributed by atoms with Crippen LogP contribution in [0, 0.1) is 5.82 Å². The van der Waals surface area contributed by atoms with Gasteiger partial charge in [-0.15, -0.1) is 10.2 Å². The van der Waals surface area contributed by atoms with Crippen LogP contribution in [0.4, 0.5) is 4.39 Å². The number of carbonyl (C=O) groups is 1. The van der Waals surface area contributed by atoms with Crippen molar-refractivity contribution in [3.63, 3.8) is 0 Å². The van der Waals surface area contributed by atoms with Gasteiger partial charge >= 0.3 is 0 Å². The van der Waals surface area contributed by atoms with E-state index in [1.807, 2.05) is 53.1 Å². The van der Waals surface area contributed by atoms with Crippen LogP contribution >= 0.6 is 11.8 Å². The van der Waals surface area contributed by atoms with Gasteiger partial charge in [0.2, 0.25) is 5.91 Å². The van der Waals surface area contributed by atoms with Crippen LogP contribution in [0.25, 0.3) is 11.4 Å². The highest BCUT2D eigenvalue weighted by Gasteiger charge is 2.16. The van der Waals surface area contributed by atoms with E-state index < -0.39 is 0 Å². The molecule has 0 spiro atoms. The van der Waals surface area contributed by atoms with E-state index in [1.165, 1.54) is 29.5 Å². The molecule has 0 unspecified atom stereocenters. The van der Waals surface area contributed by atoms with Crippen molar-refractivity contribution >= 4 is 17.7 Å². The maximum absolute atomic E-state index is 13.4. The number of rotatable bonds is 10. The highest BCUT2D eigenvalue weighted by molar-refractivity contribution is 7.99. The molecule has 168 valence electrons. The number of hydrogen-bond acceptors (Lipinski definition) is 4. The van der Waals surface area contributed by atoms with Gasteiger partial charge in [0.25, 0.3) is 0 Å². The average Bonchev–Trinajstić information content (AvgIpc) is 3.24. The van der Waals surface area contributed by atoms with Gasteiger partial charge in [0.1, 0.15) is 5.82 Å². The molecule has 3 aromatic carbocycles. The molecule has 0 atom stereocenters. The molecule has 4 aromatic rings. The van der Waals surface area contributed by atoms with Crippen LogP contribution in [0.5, 0.6) is 0 Å². The Morgan fingerprint density at radius 3 is 2.24 bits per heavy atom. The summed E-state index contributed by atoms with van der Waals surface area (Å²) in [5.74, 6) is 0.559. The largest absolute Gasteiger partial charge is 0.355 e. The van der Waals surface area contributed by atoms with Gasteiger partial charge in [-0.25, -0.2) is 4.39 Å². The molecule has 0 aliphatic rings. The lowest BCUT2D eigenvalue weighted by Gasteiger charge is -2.11. The van der Waals surface area contributed by atoms with E-state index in [0.717, 1.165) is 24.0 Å². The van der Waals surface area contributed by atoms with Crippen LogP contribution < -0.4 is 5.32 Å². The van der Waals surface area contributed by atoms with Crippen LogP contribution in [0.2, 0.25) is 0 Å². The lowest BCUT2D eigenvalue weighted by Crippen LogP contribution is -2.26. The number of aryl methyl sites for hydroxylation is 1. The summed E-state index contributed by atoms with van der Waals surface area (Å²) < 4.78 is 15.4. The summed E-state index contributed by atoms with van der Waals surface area (Å²) in [5, 5.41) is 12.3. The second-order valence-electron chi connectivity index (χ2n) is 7.61. The van der Waals surface area contributed by atoms with Gasteiger partial charge in [-0.2, -0.15) is 0 Å². The zero-order valence-corrected chi connectivity index (χ0v) is 19.0. The van der Waals surface area contributed by atoms with E-state index in [0.29, 0.717) is 24.1 Å². The van der Waals surface area contributed by atoms with Crippen LogP contribution in [-0.4, -0.2) is 33.0 Å². The lowest BCUT2D eigenvalue weighted by molar-refractivity contribution is -0.118. The summed E-state index contributed by atoms with van der Waals surface area (Å²) in [6.07, 6.45) is 1.82. The molecule has 0 radical (unpaired) electrons. The summed E-state index contributed by atoms with van der Waals surface area (Å²) in [6.45, 7) is 1.19. The fourth-order valence-corrected chi connectivity index (χ4v) is 4.23. The normalized spacial score (nSPS) is 10.8. The monoisotopic (exact) mass is 460 g/mol. The van der Waals surface area contributed by atoms with Gasteiger partial charge in [0.15, 0.2) is 11.0 Å². The first-order valence-corrected chi connectivity index (χ1v) is 11.8. The predicted octanol–water partition coefficient (Wildman–Crippen LogP) is 4.97.